The number of ether oxygens (including phenoxy) is 3. The van der Waals surface area contributed by atoms with Crippen molar-refractivity contribution >= 4 is 5.97 Å². The molecule has 0 spiro atoms. The highest BCUT2D eigenvalue weighted by Gasteiger charge is 2.16. The van der Waals surface area contributed by atoms with Gasteiger partial charge in [-0.05, 0) is 26.8 Å². The summed E-state index contributed by atoms with van der Waals surface area (Å²) in [5, 5.41) is 0. The lowest BCUT2D eigenvalue weighted by Crippen LogP contribution is -2.12. The lowest BCUT2D eigenvalue weighted by Gasteiger charge is -2.12. The standard InChI is InChI=1S/C11H18O4/c1-5-9(10(12)13-6-2)11(14-7-3)15-8-4/h5H,1,6-8H2,2-4H3. The number of carbonyl (C=O) groups excluding carboxylic acids is 1. The van der Waals surface area contributed by atoms with Gasteiger partial charge in [0, 0.05) is 0 Å². The second-order valence-corrected chi connectivity index (χ2v) is 2.49. The molecule has 4 heteroatoms. The van der Waals surface area contributed by atoms with E-state index < -0.39 is 5.97 Å². The molecule has 0 unspecified atom stereocenters. The van der Waals surface area contributed by atoms with E-state index in [1.54, 1.807) is 6.92 Å². The molecule has 0 N–H and O–H groups in total. The van der Waals surface area contributed by atoms with Gasteiger partial charge in [0.15, 0.2) is 0 Å². The molecule has 0 atom stereocenters. The molecule has 4 nitrogen and oxygen atoms in total. The second-order valence-electron chi connectivity index (χ2n) is 2.49. The normalized spacial score (nSPS) is 9.00. The van der Waals surface area contributed by atoms with Crippen LogP contribution in [0.2, 0.25) is 0 Å². The Morgan fingerprint density at radius 1 is 1.07 bits per heavy atom. The van der Waals surface area contributed by atoms with E-state index in [9.17, 15) is 4.79 Å². The van der Waals surface area contributed by atoms with Crippen LogP contribution in [0.15, 0.2) is 24.2 Å². The molecule has 0 amide bonds. The Labute approximate surface area is 90.5 Å². The van der Waals surface area contributed by atoms with Crippen LogP contribution in [0.1, 0.15) is 20.8 Å². The van der Waals surface area contributed by atoms with E-state index in [1.165, 1.54) is 6.08 Å². The molecule has 0 radical (unpaired) electrons. The maximum atomic E-state index is 11.5. The summed E-state index contributed by atoms with van der Waals surface area (Å²) < 4.78 is 15.2. The molecule has 0 aliphatic rings. The molecule has 0 bridgehead atoms. The Hall–Kier alpha value is -1.45. The van der Waals surface area contributed by atoms with Gasteiger partial charge in [0.1, 0.15) is 5.57 Å². The van der Waals surface area contributed by atoms with Crippen molar-refractivity contribution in [2.45, 2.75) is 20.8 Å². The summed E-state index contributed by atoms with van der Waals surface area (Å²) in [6.45, 7) is 10.0. The quantitative estimate of drug-likeness (QED) is 0.281. The van der Waals surface area contributed by atoms with Gasteiger partial charge in [0.2, 0.25) is 0 Å². The van der Waals surface area contributed by atoms with Crippen LogP contribution in [-0.4, -0.2) is 25.8 Å². The van der Waals surface area contributed by atoms with Gasteiger partial charge in [-0.3, -0.25) is 0 Å². The van der Waals surface area contributed by atoms with E-state index in [1.807, 2.05) is 13.8 Å². The predicted octanol–water partition coefficient (Wildman–Crippen LogP) is 2.02. The minimum Gasteiger partial charge on any atom is -0.465 e. The van der Waals surface area contributed by atoms with Crippen molar-refractivity contribution in [3.63, 3.8) is 0 Å². The van der Waals surface area contributed by atoms with E-state index in [2.05, 4.69) is 6.58 Å². The molecular formula is C11H18O4. The van der Waals surface area contributed by atoms with Crippen molar-refractivity contribution in [1.82, 2.24) is 0 Å². The van der Waals surface area contributed by atoms with Crippen LogP contribution in [0.5, 0.6) is 0 Å². The average molecular weight is 214 g/mol. The zero-order valence-electron chi connectivity index (χ0n) is 9.54. The highest BCUT2D eigenvalue weighted by atomic mass is 16.7. The Morgan fingerprint density at radius 3 is 1.87 bits per heavy atom. The SMILES string of the molecule is C=CC(C(=O)OCC)=C(OCC)OCC. The first-order chi connectivity index (χ1) is 7.21. The van der Waals surface area contributed by atoms with Crippen LogP contribution < -0.4 is 0 Å². The predicted molar refractivity (Wildman–Crippen MR) is 57.1 cm³/mol. The van der Waals surface area contributed by atoms with Crippen LogP contribution in [0.4, 0.5) is 0 Å². The molecule has 0 heterocycles. The molecule has 0 aromatic heterocycles. The summed E-state index contributed by atoms with van der Waals surface area (Å²) in [7, 11) is 0. The first-order valence-corrected chi connectivity index (χ1v) is 5.00. The third kappa shape index (κ3) is 4.54. The largest absolute Gasteiger partial charge is 0.465 e. The zero-order chi connectivity index (χ0) is 11.7. The van der Waals surface area contributed by atoms with E-state index in [0.29, 0.717) is 19.8 Å². The summed E-state index contributed by atoms with van der Waals surface area (Å²) in [5.41, 5.74) is 0.223. The van der Waals surface area contributed by atoms with Gasteiger partial charge in [-0.2, -0.15) is 0 Å². The molecule has 0 aliphatic carbocycles. The van der Waals surface area contributed by atoms with Crippen molar-refractivity contribution in [1.29, 1.82) is 0 Å². The van der Waals surface area contributed by atoms with Crippen LogP contribution >= 0.6 is 0 Å². The fraction of sp³-hybridized carbons (Fsp3) is 0.545. The fourth-order valence-corrected chi connectivity index (χ4v) is 0.918. The molecule has 0 rings (SSSR count). The summed E-state index contributed by atoms with van der Waals surface area (Å²) >= 11 is 0. The molecule has 15 heavy (non-hydrogen) atoms. The van der Waals surface area contributed by atoms with Crippen LogP contribution in [0, 0.1) is 0 Å². The molecule has 0 fully saturated rings. The van der Waals surface area contributed by atoms with E-state index in [-0.39, 0.29) is 11.5 Å². The Balaban J connectivity index is 4.84. The Morgan fingerprint density at radius 2 is 1.53 bits per heavy atom. The topological polar surface area (TPSA) is 44.8 Å². The first kappa shape index (κ1) is 13.5. The number of esters is 1. The molecular weight excluding hydrogens is 196 g/mol. The molecule has 0 aromatic rings. The monoisotopic (exact) mass is 214 g/mol. The Bertz CT molecular complexity index is 235. The van der Waals surface area contributed by atoms with Gasteiger partial charge >= 0.3 is 5.97 Å². The summed E-state index contributed by atoms with van der Waals surface area (Å²) in [4.78, 5) is 11.5. The highest BCUT2D eigenvalue weighted by molar-refractivity contribution is 5.91. The lowest BCUT2D eigenvalue weighted by molar-refractivity contribution is -0.138. The maximum Gasteiger partial charge on any atom is 0.345 e. The highest BCUT2D eigenvalue weighted by Crippen LogP contribution is 2.11. The number of rotatable bonds is 7. The number of carbonyl (C=O) groups is 1. The second kappa shape index (κ2) is 7.91. The maximum absolute atomic E-state index is 11.5. The van der Waals surface area contributed by atoms with Crippen LogP contribution in [0.25, 0.3) is 0 Å². The smallest absolute Gasteiger partial charge is 0.345 e. The third-order valence-electron chi connectivity index (χ3n) is 1.47. The van der Waals surface area contributed by atoms with E-state index in [0.717, 1.165) is 0 Å². The first-order valence-electron chi connectivity index (χ1n) is 5.00. The molecule has 86 valence electrons. The van der Waals surface area contributed by atoms with Gasteiger partial charge < -0.3 is 14.2 Å². The molecule has 0 saturated heterocycles. The van der Waals surface area contributed by atoms with Gasteiger partial charge in [0.25, 0.3) is 5.95 Å². The average Bonchev–Trinajstić information content (AvgIpc) is 2.20. The minimum absolute atomic E-state index is 0.174. The number of hydrogen-bond acceptors (Lipinski definition) is 4. The lowest BCUT2D eigenvalue weighted by atomic mass is 10.3. The van der Waals surface area contributed by atoms with Crippen molar-refractivity contribution in [3.8, 4) is 0 Å². The van der Waals surface area contributed by atoms with Gasteiger partial charge in [0.05, 0.1) is 19.8 Å². The van der Waals surface area contributed by atoms with E-state index in [4.69, 9.17) is 14.2 Å². The summed E-state index contributed by atoms with van der Waals surface area (Å²) in [6.07, 6.45) is 1.37. The van der Waals surface area contributed by atoms with E-state index >= 15 is 0 Å². The van der Waals surface area contributed by atoms with Crippen LogP contribution in [0.3, 0.4) is 0 Å². The molecule has 0 aliphatic heterocycles. The zero-order valence-corrected chi connectivity index (χ0v) is 9.54. The minimum atomic E-state index is -0.482. The third-order valence-corrected chi connectivity index (χ3v) is 1.47. The molecule has 0 aromatic carbocycles. The van der Waals surface area contributed by atoms with Crippen molar-refractivity contribution in [2.75, 3.05) is 19.8 Å². The number of hydrogen-bond donors (Lipinski definition) is 0. The summed E-state index contributed by atoms with van der Waals surface area (Å²) in [5.74, 6) is -0.308. The van der Waals surface area contributed by atoms with Gasteiger partial charge in [-0.1, -0.05) is 6.58 Å². The van der Waals surface area contributed by atoms with Crippen molar-refractivity contribution < 1.29 is 19.0 Å². The van der Waals surface area contributed by atoms with Crippen LogP contribution in [-0.2, 0) is 19.0 Å². The summed E-state index contributed by atoms with van der Waals surface area (Å²) in [6, 6.07) is 0. The van der Waals surface area contributed by atoms with Crippen molar-refractivity contribution in [2.24, 2.45) is 0 Å². The fourth-order valence-electron chi connectivity index (χ4n) is 0.918. The Kier molecular flexibility index (Phi) is 7.14. The van der Waals surface area contributed by atoms with Gasteiger partial charge in [-0.15, -0.1) is 0 Å². The van der Waals surface area contributed by atoms with Crippen molar-refractivity contribution in [3.05, 3.63) is 24.2 Å². The van der Waals surface area contributed by atoms with Gasteiger partial charge in [-0.25, -0.2) is 4.79 Å². The molecule has 0 saturated carbocycles.